The molecule has 3 heteroatoms. The zero-order chi connectivity index (χ0) is 15.6. The molecule has 0 saturated heterocycles. The first-order chi connectivity index (χ1) is 9.90. The van der Waals surface area contributed by atoms with Crippen LogP contribution in [0.25, 0.3) is 0 Å². The van der Waals surface area contributed by atoms with Crippen molar-refractivity contribution in [3.05, 3.63) is 58.1 Å². The number of hydrogen-bond acceptors (Lipinski definition) is 2. The molecule has 0 bridgehead atoms. The average Bonchev–Trinajstić information content (AvgIpc) is 2.41. The maximum atomic E-state index is 6.31. The van der Waals surface area contributed by atoms with Gasteiger partial charge in [-0.1, -0.05) is 43.6 Å². The first-order valence-corrected chi connectivity index (χ1v) is 7.60. The molecule has 0 fully saturated rings. The van der Waals surface area contributed by atoms with E-state index in [1.54, 1.807) is 0 Å². The summed E-state index contributed by atoms with van der Waals surface area (Å²) in [6.45, 7) is 8.20. The number of halogens is 1. The van der Waals surface area contributed by atoms with E-state index in [4.69, 9.17) is 22.1 Å². The minimum Gasteiger partial charge on any atom is -0.457 e. The van der Waals surface area contributed by atoms with Crippen LogP contribution in [0.2, 0.25) is 5.02 Å². The number of para-hydroxylation sites is 1. The highest BCUT2D eigenvalue weighted by molar-refractivity contribution is 6.31. The van der Waals surface area contributed by atoms with Crippen LogP contribution in [0.4, 0.5) is 0 Å². The van der Waals surface area contributed by atoms with Crippen molar-refractivity contribution in [2.24, 2.45) is 5.73 Å². The van der Waals surface area contributed by atoms with Crippen molar-refractivity contribution < 1.29 is 4.74 Å². The Hall–Kier alpha value is -1.51. The molecule has 0 unspecified atom stereocenters. The molecule has 2 nitrogen and oxygen atoms in total. The summed E-state index contributed by atoms with van der Waals surface area (Å²) < 4.78 is 6.11. The Kier molecular flexibility index (Phi) is 4.92. The molecule has 21 heavy (non-hydrogen) atoms. The Morgan fingerprint density at radius 3 is 2.29 bits per heavy atom. The minimum absolute atomic E-state index is 0.0709. The highest BCUT2D eigenvalue weighted by Crippen LogP contribution is 2.35. The fourth-order valence-electron chi connectivity index (χ4n) is 2.29. The largest absolute Gasteiger partial charge is 0.457 e. The van der Waals surface area contributed by atoms with Gasteiger partial charge in [0.2, 0.25) is 0 Å². The molecule has 0 radical (unpaired) electrons. The third-order valence-electron chi connectivity index (χ3n) is 3.55. The van der Waals surface area contributed by atoms with Gasteiger partial charge in [-0.3, -0.25) is 0 Å². The summed E-state index contributed by atoms with van der Waals surface area (Å²) in [4.78, 5) is 0. The number of aryl methyl sites for hydroxylation is 1. The van der Waals surface area contributed by atoms with Crippen LogP contribution in [0.5, 0.6) is 11.5 Å². The highest BCUT2D eigenvalue weighted by Gasteiger charge is 2.13. The summed E-state index contributed by atoms with van der Waals surface area (Å²) in [5.74, 6) is 1.98. The van der Waals surface area contributed by atoms with Gasteiger partial charge in [-0.15, -0.1) is 0 Å². The van der Waals surface area contributed by atoms with Crippen LogP contribution in [0.1, 0.15) is 49.4 Å². The van der Waals surface area contributed by atoms with Crippen molar-refractivity contribution in [1.82, 2.24) is 0 Å². The molecule has 0 heterocycles. The molecule has 0 aliphatic heterocycles. The number of rotatable bonds is 4. The second-order valence-corrected chi connectivity index (χ2v) is 6.13. The van der Waals surface area contributed by atoms with Crippen molar-refractivity contribution in [3.63, 3.8) is 0 Å². The van der Waals surface area contributed by atoms with E-state index in [2.05, 4.69) is 13.8 Å². The van der Waals surface area contributed by atoms with Crippen LogP contribution < -0.4 is 10.5 Å². The van der Waals surface area contributed by atoms with Gasteiger partial charge in [-0.2, -0.15) is 0 Å². The number of hydrogen-bond donors (Lipinski definition) is 1. The van der Waals surface area contributed by atoms with E-state index in [1.165, 1.54) is 0 Å². The molecule has 112 valence electrons. The fourth-order valence-corrected chi connectivity index (χ4v) is 2.73. The summed E-state index contributed by atoms with van der Waals surface area (Å²) in [5.41, 5.74) is 9.12. The van der Waals surface area contributed by atoms with Crippen LogP contribution in [-0.2, 0) is 0 Å². The molecule has 0 spiro atoms. The van der Waals surface area contributed by atoms with Gasteiger partial charge < -0.3 is 10.5 Å². The van der Waals surface area contributed by atoms with E-state index in [0.717, 1.165) is 33.2 Å². The molecule has 0 saturated carbocycles. The zero-order valence-electron chi connectivity index (χ0n) is 13.0. The molecule has 2 rings (SSSR count). The molecular formula is C18H22ClNO. The molecule has 1 atom stereocenters. The number of ether oxygens (including phenoxy) is 1. The predicted octanol–water partition coefficient (Wildman–Crippen LogP) is 5.58. The van der Waals surface area contributed by atoms with Crippen molar-refractivity contribution in [2.45, 2.75) is 39.7 Å². The quantitative estimate of drug-likeness (QED) is 0.799. The Morgan fingerprint density at radius 1 is 1.00 bits per heavy atom. The van der Waals surface area contributed by atoms with Gasteiger partial charge in [-0.25, -0.2) is 0 Å². The van der Waals surface area contributed by atoms with Gasteiger partial charge in [0, 0.05) is 16.6 Å². The van der Waals surface area contributed by atoms with E-state index in [1.807, 2.05) is 50.2 Å². The van der Waals surface area contributed by atoms with Gasteiger partial charge in [-0.05, 0) is 49.1 Å². The van der Waals surface area contributed by atoms with E-state index in [9.17, 15) is 0 Å². The lowest BCUT2D eigenvalue weighted by molar-refractivity contribution is 0.467. The maximum absolute atomic E-state index is 6.31. The van der Waals surface area contributed by atoms with Crippen LogP contribution >= 0.6 is 11.6 Å². The zero-order valence-corrected chi connectivity index (χ0v) is 13.7. The molecule has 2 aromatic rings. The molecule has 0 amide bonds. The Labute approximate surface area is 131 Å². The summed E-state index contributed by atoms with van der Waals surface area (Å²) >= 11 is 6.31. The van der Waals surface area contributed by atoms with Gasteiger partial charge in [0.25, 0.3) is 0 Å². The van der Waals surface area contributed by atoms with Crippen LogP contribution in [0.3, 0.4) is 0 Å². The lowest BCUT2D eigenvalue weighted by Crippen LogP contribution is -2.06. The van der Waals surface area contributed by atoms with Crippen molar-refractivity contribution >= 4 is 11.6 Å². The van der Waals surface area contributed by atoms with E-state index >= 15 is 0 Å². The molecular weight excluding hydrogens is 282 g/mol. The lowest BCUT2D eigenvalue weighted by Gasteiger charge is -2.17. The molecule has 2 N–H and O–H groups in total. The maximum Gasteiger partial charge on any atom is 0.132 e. The van der Waals surface area contributed by atoms with Gasteiger partial charge in [0.05, 0.1) is 0 Å². The van der Waals surface area contributed by atoms with Crippen LogP contribution in [-0.4, -0.2) is 0 Å². The van der Waals surface area contributed by atoms with E-state index < -0.39 is 0 Å². The molecule has 0 aliphatic rings. The third-order valence-corrected chi connectivity index (χ3v) is 3.87. The monoisotopic (exact) mass is 303 g/mol. The van der Waals surface area contributed by atoms with Crippen LogP contribution in [0, 0.1) is 6.92 Å². The number of nitrogens with two attached hydrogens (primary N) is 1. The van der Waals surface area contributed by atoms with Gasteiger partial charge in [0.1, 0.15) is 11.5 Å². The lowest BCUT2D eigenvalue weighted by atomic mass is 10.0. The van der Waals surface area contributed by atoms with Crippen molar-refractivity contribution in [2.75, 3.05) is 0 Å². The Balaban J connectivity index is 2.43. The number of benzene rings is 2. The highest BCUT2D eigenvalue weighted by atomic mass is 35.5. The molecule has 2 aromatic carbocycles. The average molecular weight is 304 g/mol. The topological polar surface area (TPSA) is 35.2 Å². The predicted molar refractivity (Wildman–Crippen MR) is 89.4 cm³/mol. The van der Waals surface area contributed by atoms with Crippen molar-refractivity contribution in [3.8, 4) is 11.5 Å². The fraction of sp³-hybridized carbons (Fsp3) is 0.333. The van der Waals surface area contributed by atoms with Crippen LogP contribution in [0.15, 0.2) is 36.4 Å². The second kappa shape index (κ2) is 6.50. The van der Waals surface area contributed by atoms with Gasteiger partial charge >= 0.3 is 0 Å². The van der Waals surface area contributed by atoms with Crippen molar-refractivity contribution in [1.29, 1.82) is 0 Å². The summed E-state index contributed by atoms with van der Waals surface area (Å²) in [6, 6.07) is 11.8. The standard InChI is InChI=1S/C18H22ClNO/c1-11(2)15-10-18(12(3)9-16(15)19)21-17-8-6-5-7-14(17)13(4)20/h5-11,13H,20H2,1-4H3/t13-/m1/s1. The summed E-state index contributed by atoms with van der Waals surface area (Å²) in [5, 5.41) is 0.787. The first kappa shape index (κ1) is 15.9. The van der Waals surface area contributed by atoms with E-state index in [0.29, 0.717) is 5.92 Å². The Morgan fingerprint density at radius 2 is 1.67 bits per heavy atom. The minimum atomic E-state index is -0.0709. The SMILES string of the molecule is Cc1cc(Cl)c(C(C)C)cc1Oc1ccccc1[C@@H](C)N. The normalized spacial score (nSPS) is 12.5. The Bertz CT molecular complexity index is 635. The smallest absolute Gasteiger partial charge is 0.132 e. The summed E-state index contributed by atoms with van der Waals surface area (Å²) in [7, 11) is 0. The molecule has 0 aliphatic carbocycles. The first-order valence-electron chi connectivity index (χ1n) is 7.22. The second-order valence-electron chi connectivity index (χ2n) is 5.72. The molecule has 0 aromatic heterocycles. The van der Waals surface area contributed by atoms with Gasteiger partial charge in [0.15, 0.2) is 0 Å². The summed E-state index contributed by atoms with van der Waals surface area (Å²) in [6.07, 6.45) is 0. The third kappa shape index (κ3) is 3.58. The van der Waals surface area contributed by atoms with E-state index in [-0.39, 0.29) is 6.04 Å².